The predicted octanol–water partition coefficient (Wildman–Crippen LogP) is 7.54. The van der Waals surface area contributed by atoms with Gasteiger partial charge in [0.15, 0.2) is 0 Å². The zero-order chi connectivity index (χ0) is 35.9. The predicted molar refractivity (Wildman–Crippen MR) is 190 cm³/mol. The third-order valence-corrected chi connectivity index (χ3v) is 10.2. The fourth-order valence-electron chi connectivity index (χ4n) is 6.82. The van der Waals surface area contributed by atoms with Crippen LogP contribution in [0.3, 0.4) is 0 Å². The number of nitrogens with zero attached hydrogens (tertiary/aromatic N) is 6. The van der Waals surface area contributed by atoms with Gasteiger partial charge in [-0.15, -0.1) is 0 Å². The number of benzene rings is 4. The number of hydrogen-bond acceptors (Lipinski definition) is 6. The van der Waals surface area contributed by atoms with Crippen molar-refractivity contribution in [3.05, 3.63) is 138 Å². The maximum absolute atomic E-state index is 12.9. The van der Waals surface area contributed by atoms with Gasteiger partial charge in [-0.1, -0.05) is 59.6 Å². The number of amides is 2. The average Bonchev–Trinajstić information content (AvgIpc) is 3.13. The number of nitriles is 4. The molecular formula is C40H32Cl2N6O2. The van der Waals surface area contributed by atoms with E-state index in [4.69, 9.17) is 23.2 Å². The van der Waals surface area contributed by atoms with Crippen molar-refractivity contribution in [3.63, 3.8) is 0 Å². The van der Waals surface area contributed by atoms with Crippen LogP contribution in [-0.4, -0.2) is 34.7 Å². The molecule has 2 atom stereocenters. The monoisotopic (exact) mass is 698 g/mol. The Morgan fingerprint density at radius 2 is 0.940 bits per heavy atom. The molecule has 0 aromatic heterocycles. The number of rotatable bonds is 4. The zero-order valence-electron chi connectivity index (χ0n) is 27.6. The van der Waals surface area contributed by atoms with Gasteiger partial charge in [-0.05, 0) is 96.5 Å². The van der Waals surface area contributed by atoms with Crippen LogP contribution in [0.1, 0.15) is 81.6 Å². The lowest BCUT2D eigenvalue weighted by atomic mass is 9.89. The summed E-state index contributed by atoms with van der Waals surface area (Å²) in [6.45, 7) is 5.04. The third kappa shape index (κ3) is 7.19. The minimum absolute atomic E-state index is 0.0647. The molecule has 2 amide bonds. The van der Waals surface area contributed by atoms with Crippen molar-refractivity contribution in [1.29, 1.82) is 21.0 Å². The van der Waals surface area contributed by atoms with Gasteiger partial charge in [0.05, 0.1) is 71.5 Å². The van der Waals surface area contributed by atoms with E-state index in [2.05, 4.69) is 24.3 Å². The number of hydrogen-bond donors (Lipinski definition) is 0. The molecular weight excluding hydrogens is 667 g/mol. The summed E-state index contributed by atoms with van der Waals surface area (Å²) in [6.07, 6.45) is 1.51. The first-order chi connectivity index (χ1) is 24.1. The molecule has 10 heteroatoms. The highest BCUT2D eigenvalue weighted by atomic mass is 35.5. The third-order valence-electron chi connectivity index (χ3n) is 9.48. The Hall–Kier alpha value is -5.64. The maximum Gasteiger partial charge on any atom is 0.227 e. The molecule has 6 rings (SSSR count). The second kappa shape index (κ2) is 15.7. The molecule has 2 heterocycles. The van der Waals surface area contributed by atoms with Crippen molar-refractivity contribution in [3.8, 4) is 24.3 Å². The second-order valence-corrected chi connectivity index (χ2v) is 12.9. The standard InChI is InChI=1S/2C20H16ClN3O/c2*1-13-16-6-2-4-14(11-22)17(16)8-9-24(13)20(25)10-18-15(12-23)5-3-7-19(18)21/h2*2-7,13H,8-10H2,1H3/t13-;/m0./s1. The molecule has 2 aliphatic rings. The summed E-state index contributed by atoms with van der Waals surface area (Å²) < 4.78 is 0. The van der Waals surface area contributed by atoms with Crippen LogP contribution in [0.15, 0.2) is 72.8 Å². The molecule has 8 nitrogen and oxygen atoms in total. The highest BCUT2D eigenvalue weighted by Gasteiger charge is 2.31. The van der Waals surface area contributed by atoms with Gasteiger partial charge in [0, 0.05) is 23.1 Å². The van der Waals surface area contributed by atoms with E-state index in [1.807, 2.05) is 50.2 Å². The highest BCUT2D eigenvalue weighted by molar-refractivity contribution is 6.32. The van der Waals surface area contributed by atoms with Gasteiger partial charge in [-0.3, -0.25) is 9.59 Å². The Bertz CT molecular complexity index is 2000. The smallest absolute Gasteiger partial charge is 0.227 e. The van der Waals surface area contributed by atoms with Gasteiger partial charge in [0.1, 0.15) is 0 Å². The van der Waals surface area contributed by atoms with Crippen LogP contribution in [0.2, 0.25) is 10.0 Å². The van der Waals surface area contributed by atoms with Gasteiger partial charge < -0.3 is 9.80 Å². The van der Waals surface area contributed by atoms with E-state index in [1.54, 1.807) is 46.2 Å². The summed E-state index contributed by atoms with van der Waals surface area (Å²) in [4.78, 5) is 29.3. The molecule has 248 valence electrons. The number of halogens is 2. The number of carbonyl (C=O) groups is 2. The largest absolute Gasteiger partial charge is 0.335 e. The Morgan fingerprint density at radius 1 is 0.600 bits per heavy atom. The van der Waals surface area contributed by atoms with Crippen molar-refractivity contribution in [1.82, 2.24) is 9.80 Å². The second-order valence-electron chi connectivity index (χ2n) is 12.1. The van der Waals surface area contributed by atoms with Crippen molar-refractivity contribution < 1.29 is 9.59 Å². The van der Waals surface area contributed by atoms with Crippen LogP contribution in [0, 0.1) is 45.3 Å². The van der Waals surface area contributed by atoms with E-state index >= 15 is 0 Å². The van der Waals surface area contributed by atoms with Crippen molar-refractivity contribution in [2.45, 2.75) is 51.6 Å². The lowest BCUT2D eigenvalue weighted by Gasteiger charge is -2.36. The minimum Gasteiger partial charge on any atom is -0.335 e. The van der Waals surface area contributed by atoms with E-state index in [0.29, 0.717) is 69.4 Å². The maximum atomic E-state index is 12.9. The van der Waals surface area contributed by atoms with Crippen LogP contribution in [-0.2, 0) is 35.3 Å². The normalized spacial score (nSPS) is 15.8. The Labute approximate surface area is 301 Å². The molecule has 0 N–H and O–H groups in total. The highest BCUT2D eigenvalue weighted by Crippen LogP contribution is 2.34. The average molecular weight is 700 g/mol. The molecule has 0 aliphatic carbocycles. The summed E-state index contributed by atoms with van der Waals surface area (Å²) in [5.41, 5.74) is 7.42. The first-order valence-corrected chi connectivity index (χ1v) is 16.9. The molecule has 1 unspecified atom stereocenters. The first kappa shape index (κ1) is 35.7. The van der Waals surface area contributed by atoms with Gasteiger partial charge in [0.25, 0.3) is 0 Å². The van der Waals surface area contributed by atoms with E-state index in [-0.39, 0.29) is 36.7 Å². The molecule has 4 aromatic rings. The Kier molecular flexibility index (Phi) is 11.2. The summed E-state index contributed by atoms with van der Waals surface area (Å²) in [5.74, 6) is -0.129. The van der Waals surface area contributed by atoms with E-state index < -0.39 is 0 Å². The van der Waals surface area contributed by atoms with E-state index in [9.17, 15) is 30.6 Å². The Morgan fingerprint density at radius 3 is 1.30 bits per heavy atom. The SMILES string of the molecule is CC1c2cccc(C#N)c2CCN1C(=O)Cc1c(Cl)cccc1C#N.C[C@H]1c2cccc(C#N)c2CCN1C(=O)Cc1c(Cl)cccc1C#N. The number of carbonyl (C=O) groups excluding carboxylic acids is 2. The molecule has 4 aromatic carbocycles. The van der Waals surface area contributed by atoms with Gasteiger partial charge in [0.2, 0.25) is 11.8 Å². The van der Waals surface area contributed by atoms with Crippen molar-refractivity contribution in [2.75, 3.05) is 13.1 Å². The van der Waals surface area contributed by atoms with Crippen LogP contribution >= 0.6 is 23.2 Å². The topological polar surface area (TPSA) is 136 Å². The number of fused-ring (bicyclic) bond motifs is 2. The van der Waals surface area contributed by atoms with Crippen molar-refractivity contribution in [2.24, 2.45) is 0 Å². The summed E-state index contributed by atoms with van der Waals surface area (Å²) >= 11 is 12.4. The molecule has 0 bridgehead atoms. The molecule has 0 saturated carbocycles. The van der Waals surface area contributed by atoms with Crippen LogP contribution in [0.25, 0.3) is 0 Å². The minimum atomic E-state index is -0.113. The lowest BCUT2D eigenvalue weighted by molar-refractivity contribution is -0.133. The van der Waals surface area contributed by atoms with E-state index in [1.165, 1.54) is 0 Å². The zero-order valence-corrected chi connectivity index (χ0v) is 29.1. The quantitative estimate of drug-likeness (QED) is 0.216. The summed E-state index contributed by atoms with van der Waals surface area (Å²) in [6, 6.07) is 29.8. The van der Waals surface area contributed by atoms with Crippen LogP contribution < -0.4 is 0 Å². The summed E-state index contributed by atoms with van der Waals surface area (Å²) in [7, 11) is 0. The molecule has 50 heavy (non-hydrogen) atoms. The summed E-state index contributed by atoms with van der Waals surface area (Å²) in [5, 5.41) is 37.9. The lowest BCUT2D eigenvalue weighted by Crippen LogP contribution is -2.40. The molecule has 0 spiro atoms. The van der Waals surface area contributed by atoms with Gasteiger partial charge in [-0.25, -0.2) is 0 Å². The molecule has 0 radical (unpaired) electrons. The van der Waals surface area contributed by atoms with E-state index in [0.717, 1.165) is 22.3 Å². The van der Waals surface area contributed by atoms with Gasteiger partial charge in [-0.2, -0.15) is 21.0 Å². The Balaban J connectivity index is 0.000000194. The van der Waals surface area contributed by atoms with Crippen LogP contribution in [0.4, 0.5) is 0 Å². The first-order valence-electron chi connectivity index (χ1n) is 16.1. The molecule has 2 aliphatic heterocycles. The molecule has 0 fully saturated rings. The fourth-order valence-corrected chi connectivity index (χ4v) is 7.30. The molecule has 0 saturated heterocycles. The van der Waals surface area contributed by atoms with Gasteiger partial charge >= 0.3 is 0 Å². The van der Waals surface area contributed by atoms with Crippen molar-refractivity contribution >= 4 is 35.0 Å². The fraction of sp³-hybridized carbons (Fsp3) is 0.250. The van der Waals surface area contributed by atoms with Crippen LogP contribution in [0.5, 0.6) is 0 Å².